The summed E-state index contributed by atoms with van der Waals surface area (Å²) < 4.78 is 7.81. The van der Waals surface area contributed by atoms with Crippen molar-refractivity contribution in [1.29, 1.82) is 0 Å². The van der Waals surface area contributed by atoms with Crippen molar-refractivity contribution in [3.8, 4) is 0 Å². The topological polar surface area (TPSA) is 86.0 Å². The van der Waals surface area contributed by atoms with Gasteiger partial charge in [-0.05, 0) is 24.6 Å². The van der Waals surface area contributed by atoms with Crippen LogP contribution in [0.1, 0.15) is 33.5 Å². The maximum absolute atomic E-state index is 12.8. The molecule has 0 aliphatic carbocycles. The Labute approximate surface area is 156 Å². The van der Waals surface area contributed by atoms with E-state index in [4.69, 9.17) is 4.74 Å². The Morgan fingerprint density at radius 1 is 1.22 bits per heavy atom. The summed E-state index contributed by atoms with van der Waals surface area (Å²) in [4.78, 5) is 27.1. The number of carbonyl (C=O) groups excluding carboxylic acids is 1. The molecule has 1 atom stereocenters. The molecule has 0 saturated carbocycles. The summed E-state index contributed by atoms with van der Waals surface area (Å²) in [7, 11) is 0. The predicted molar refractivity (Wildman–Crippen MR) is 96.7 cm³/mol. The van der Waals surface area contributed by atoms with Crippen molar-refractivity contribution in [2.75, 3.05) is 13.2 Å². The summed E-state index contributed by atoms with van der Waals surface area (Å²) in [6, 6.07) is 5.73. The molecule has 4 rings (SSSR count). The molecule has 0 aromatic carbocycles. The Hall–Kier alpha value is -3.13. The summed E-state index contributed by atoms with van der Waals surface area (Å²) in [6.45, 7) is 3.77. The lowest BCUT2D eigenvalue weighted by Crippen LogP contribution is -2.43. The van der Waals surface area contributed by atoms with Gasteiger partial charge in [-0.15, -0.1) is 0 Å². The van der Waals surface area contributed by atoms with Crippen molar-refractivity contribution in [3.05, 3.63) is 71.8 Å². The lowest BCUT2D eigenvalue weighted by molar-refractivity contribution is 0.0443. The Morgan fingerprint density at radius 2 is 2.15 bits per heavy atom. The van der Waals surface area contributed by atoms with E-state index >= 15 is 0 Å². The second kappa shape index (κ2) is 7.63. The van der Waals surface area contributed by atoms with Gasteiger partial charge >= 0.3 is 0 Å². The van der Waals surface area contributed by atoms with E-state index < -0.39 is 0 Å². The van der Waals surface area contributed by atoms with Crippen molar-refractivity contribution < 1.29 is 9.53 Å². The highest BCUT2D eigenvalue weighted by molar-refractivity contribution is 5.92. The average Bonchev–Trinajstić information content (AvgIpc) is 3.18. The van der Waals surface area contributed by atoms with Gasteiger partial charge in [0, 0.05) is 31.3 Å². The van der Waals surface area contributed by atoms with E-state index in [0.717, 1.165) is 17.0 Å². The van der Waals surface area contributed by atoms with Gasteiger partial charge in [0.15, 0.2) is 0 Å². The zero-order chi connectivity index (χ0) is 18.6. The number of pyridine rings is 1. The Bertz CT molecular complexity index is 909. The van der Waals surface area contributed by atoms with Crippen LogP contribution < -0.4 is 0 Å². The maximum atomic E-state index is 12.8. The number of aromatic nitrogens is 5. The van der Waals surface area contributed by atoms with E-state index in [1.165, 1.54) is 6.20 Å². The molecule has 1 aliphatic rings. The van der Waals surface area contributed by atoms with E-state index in [1.54, 1.807) is 29.7 Å². The normalized spacial score (nSPS) is 16.2. The molecule has 0 radical (unpaired) electrons. The lowest BCUT2D eigenvalue weighted by atomic mass is 10.2. The van der Waals surface area contributed by atoms with E-state index in [0.29, 0.717) is 32.0 Å². The van der Waals surface area contributed by atoms with Crippen molar-refractivity contribution in [3.63, 3.8) is 0 Å². The molecule has 0 bridgehead atoms. The summed E-state index contributed by atoms with van der Waals surface area (Å²) >= 11 is 0. The minimum atomic E-state index is -0.132. The molecule has 0 saturated heterocycles. The number of carbonyl (C=O) groups is 1. The Morgan fingerprint density at radius 3 is 2.93 bits per heavy atom. The van der Waals surface area contributed by atoms with Crippen LogP contribution in [0, 0.1) is 6.92 Å². The van der Waals surface area contributed by atoms with Crippen LogP contribution in [0.15, 0.2) is 49.2 Å². The summed E-state index contributed by atoms with van der Waals surface area (Å²) in [5.74, 6) is -0.132. The van der Waals surface area contributed by atoms with Gasteiger partial charge < -0.3 is 9.64 Å². The van der Waals surface area contributed by atoms with Gasteiger partial charge in [-0.3, -0.25) is 19.4 Å². The maximum Gasteiger partial charge on any atom is 0.274 e. The quantitative estimate of drug-likeness (QED) is 0.686. The number of fused-ring (bicyclic) bond motifs is 1. The van der Waals surface area contributed by atoms with Gasteiger partial charge in [0.05, 0.1) is 43.4 Å². The number of rotatable bonds is 5. The molecular formula is C19H20N6O2. The van der Waals surface area contributed by atoms with Crippen LogP contribution in [0.3, 0.4) is 0 Å². The van der Waals surface area contributed by atoms with Crippen LogP contribution in [-0.4, -0.2) is 48.7 Å². The molecule has 4 heterocycles. The first kappa shape index (κ1) is 17.3. The smallest absolute Gasteiger partial charge is 0.274 e. The third-order valence-corrected chi connectivity index (χ3v) is 4.47. The first-order valence-electron chi connectivity index (χ1n) is 8.77. The third-order valence-electron chi connectivity index (χ3n) is 4.47. The largest absolute Gasteiger partial charge is 0.374 e. The number of ether oxygens (including phenoxy) is 1. The minimum absolute atomic E-state index is 0.0530. The number of hydrogen-bond acceptors (Lipinski definition) is 6. The SMILES string of the molecule is Cc1cnc(C(=O)N2Cc3ccnn3C(COCc3cccnc3)C2)cn1. The number of hydrogen-bond donors (Lipinski definition) is 0. The van der Waals surface area contributed by atoms with E-state index in [9.17, 15) is 4.79 Å². The van der Waals surface area contributed by atoms with Crippen LogP contribution in [0.4, 0.5) is 0 Å². The van der Waals surface area contributed by atoms with Crippen LogP contribution in [0.25, 0.3) is 0 Å². The van der Waals surface area contributed by atoms with Crippen LogP contribution in [0.2, 0.25) is 0 Å². The second-order valence-electron chi connectivity index (χ2n) is 6.53. The highest BCUT2D eigenvalue weighted by Gasteiger charge is 2.29. The second-order valence-corrected chi connectivity index (χ2v) is 6.53. The van der Waals surface area contributed by atoms with Crippen LogP contribution >= 0.6 is 0 Å². The van der Waals surface area contributed by atoms with Gasteiger partial charge in [-0.2, -0.15) is 5.10 Å². The zero-order valence-corrected chi connectivity index (χ0v) is 15.0. The molecule has 1 amide bonds. The predicted octanol–water partition coefficient (Wildman–Crippen LogP) is 1.79. The molecule has 0 spiro atoms. The lowest BCUT2D eigenvalue weighted by Gasteiger charge is -2.33. The zero-order valence-electron chi connectivity index (χ0n) is 15.0. The Balaban J connectivity index is 1.45. The van der Waals surface area contributed by atoms with E-state index in [1.807, 2.05) is 29.8 Å². The highest BCUT2D eigenvalue weighted by Crippen LogP contribution is 2.22. The van der Waals surface area contributed by atoms with Crippen molar-refractivity contribution >= 4 is 5.91 Å². The average molecular weight is 364 g/mol. The van der Waals surface area contributed by atoms with Gasteiger partial charge in [0.25, 0.3) is 5.91 Å². The molecule has 138 valence electrons. The number of nitrogens with zero attached hydrogens (tertiary/aromatic N) is 6. The fourth-order valence-electron chi connectivity index (χ4n) is 3.13. The molecule has 0 fully saturated rings. The fraction of sp³-hybridized carbons (Fsp3) is 0.316. The minimum Gasteiger partial charge on any atom is -0.374 e. The molecule has 8 heteroatoms. The monoisotopic (exact) mass is 364 g/mol. The van der Waals surface area contributed by atoms with Crippen LogP contribution in [-0.2, 0) is 17.9 Å². The van der Waals surface area contributed by atoms with Gasteiger partial charge in [0.2, 0.25) is 0 Å². The number of aryl methyl sites for hydroxylation is 1. The van der Waals surface area contributed by atoms with E-state index in [-0.39, 0.29) is 11.9 Å². The molecule has 3 aromatic heterocycles. The summed E-state index contributed by atoms with van der Waals surface area (Å²) in [5, 5.41) is 4.40. The molecule has 1 aliphatic heterocycles. The molecule has 0 N–H and O–H groups in total. The van der Waals surface area contributed by atoms with Crippen LogP contribution in [0.5, 0.6) is 0 Å². The standard InChI is InChI=1S/C19H20N6O2/c1-14-7-22-18(9-21-14)19(26)24-10-16-4-6-23-25(16)17(11-24)13-27-12-15-3-2-5-20-8-15/h2-9,17H,10-13H2,1H3. The first-order valence-corrected chi connectivity index (χ1v) is 8.77. The molecule has 3 aromatic rings. The molecule has 8 nitrogen and oxygen atoms in total. The molecule has 1 unspecified atom stereocenters. The molecular weight excluding hydrogens is 344 g/mol. The van der Waals surface area contributed by atoms with Crippen molar-refractivity contribution in [2.24, 2.45) is 0 Å². The first-order chi connectivity index (χ1) is 13.2. The molecule has 27 heavy (non-hydrogen) atoms. The Kier molecular flexibility index (Phi) is 4.88. The van der Waals surface area contributed by atoms with Gasteiger partial charge in [0.1, 0.15) is 5.69 Å². The fourth-order valence-corrected chi connectivity index (χ4v) is 3.13. The highest BCUT2D eigenvalue weighted by atomic mass is 16.5. The number of amides is 1. The summed E-state index contributed by atoms with van der Waals surface area (Å²) in [5.41, 5.74) is 3.12. The van der Waals surface area contributed by atoms with E-state index in [2.05, 4.69) is 20.1 Å². The van der Waals surface area contributed by atoms with Gasteiger partial charge in [-0.25, -0.2) is 4.98 Å². The van der Waals surface area contributed by atoms with Gasteiger partial charge in [-0.1, -0.05) is 6.07 Å². The third kappa shape index (κ3) is 3.85. The van der Waals surface area contributed by atoms with Crippen molar-refractivity contribution in [2.45, 2.75) is 26.1 Å². The van der Waals surface area contributed by atoms with Crippen molar-refractivity contribution in [1.82, 2.24) is 29.6 Å². The summed E-state index contributed by atoms with van der Waals surface area (Å²) in [6.07, 6.45) is 8.40.